The molecule has 0 bridgehead atoms. The van der Waals surface area contributed by atoms with E-state index in [9.17, 15) is 5.11 Å². The van der Waals surface area contributed by atoms with E-state index in [4.69, 9.17) is 4.52 Å². The van der Waals surface area contributed by atoms with Crippen LogP contribution in [0.25, 0.3) is 10.9 Å². The van der Waals surface area contributed by atoms with Crippen LogP contribution in [0.2, 0.25) is 0 Å². The summed E-state index contributed by atoms with van der Waals surface area (Å²) in [4.78, 5) is 11.0. The highest BCUT2D eigenvalue weighted by Crippen LogP contribution is 2.33. The minimum atomic E-state index is -0.379. The lowest BCUT2D eigenvalue weighted by molar-refractivity contribution is 0.169. The van der Waals surface area contributed by atoms with Crippen molar-refractivity contribution in [1.29, 1.82) is 0 Å². The molecule has 2 aromatic heterocycles. The van der Waals surface area contributed by atoms with Crippen LogP contribution in [0, 0.1) is 6.92 Å². The van der Waals surface area contributed by atoms with Gasteiger partial charge in [-0.2, -0.15) is 4.98 Å². The van der Waals surface area contributed by atoms with Crippen LogP contribution in [0.4, 0.5) is 0 Å². The predicted octanol–water partition coefficient (Wildman–Crippen LogP) is 2.23. The first-order valence-corrected chi connectivity index (χ1v) is 7.75. The van der Waals surface area contributed by atoms with E-state index in [-0.39, 0.29) is 12.1 Å². The number of likely N-dealkylation sites (tertiary alicyclic amines) is 1. The summed E-state index contributed by atoms with van der Waals surface area (Å²) >= 11 is 0. The number of aromatic nitrogens is 3. The zero-order valence-electron chi connectivity index (χ0n) is 12.9. The Kier molecular flexibility index (Phi) is 3.55. The van der Waals surface area contributed by atoms with Crippen LogP contribution in [0.3, 0.4) is 0 Å². The molecule has 4 rings (SSSR count). The molecule has 118 valence electrons. The molecule has 23 heavy (non-hydrogen) atoms. The number of benzene rings is 1. The third kappa shape index (κ3) is 2.71. The normalized spacial score (nSPS) is 22.0. The molecule has 6 nitrogen and oxygen atoms in total. The molecule has 0 aliphatic carbocycles. The number of para-hydroxylation sites is 1. The molecule has 1 aliphatic heterocycles. The number of β-amino-alcohol motifs (C(OH)–C–C–N with tert-alkyl or cyclic N) is 1. The highest BCUT2D eigenvalue weighted by molar-refractivity contribution is 5.81. The Balaban J connectivity index is 1.66. The fourth-order valence-electron chi connectivity index (χ4n) is 3.27. The second kappa shape index (κ2) is 5.72. The van der Waals surface area contributed by atoms with Crippen molar-refractivity contribution in [2.24, 2.45) is 0 Å². The van der Waals surface area contributed by atoms with E-state index >= 15 is 0 Å². The molecule has 1 N–H and O–H groups in total. The maximum atomic E-state index is 10.1. The summed E-state index contributed by atoms with van der Waals surface area (Å²) in [5, 5.41) is 15.1. The molecule has 0 amide bonds. The first-order valence-electron chi connectivity index (χ1n) is 7.75. The number of pyridine rings is 1. The standard InChI is InChI=1S/C17H18N4O2/c1-11-19-17(23-20-11)15-8-14(22)10-21(15)9-13-5-2-4-12-6-3-7-18-16(12)13/h2-7,14-15,22H,8-10H2,1H3/t14-,15-/m1/s1. The van der Waals surface area contributed by atoms with E-state index in [0.29, 0.717) is 31.2 Å². The summed E-state index contributed by atoms with van der Waals surface area (Å²) in [5.41, 5.74) is 2.13. The minimum absolute atomic E-state index is 0.0508. The molecule has 0 spiro atoms. The molecule has 1 saturated heterocycles. The Bertz CT molecular complexity index is 827. The van der Waals surface area contributed by atoms with Gasteiger partial charge in [0.15, 0.2) is 5.82 Å². The van der Waals surface area contributed by atoms with Crippen LogP contribution >= 0.6 is 0 Å². The van der Waals surface area contributed by atoms with E-state index in [1.807, 2.05) is 18.3 Å². The molecular weight excluding hydrogens is 292 g/mol. The Hall–Kier alpha value is -2.31. The molecule has 1 fully saturated rings. The number of rotatable bonds is 3. The van der Waals surface area contributed by atoms with E-state index in [2.05, 4.69) is 38.2 Å². The number of fused-ring (bicyclic) bond motifs is 1. The van der Waals surface area contributed by atoms with Gasteiger partial charge in [-0.15, -0.1) is 0 Å². The second-order valence-electron chi connectivity index (χ2n) is 6.01. The first kappa shape index (κ1) is 14.3. The number of aliphatic hydroxyl groups is 1. The van der Waals surface area contributed by atoms with Gasteiger partial charge in [0.2, 0.25) is 5.89 Å². The summed E-state index contributed by atoms with van der Waals surface area (Å²) in [6, 6.07) is 10.1. The molecule has 1 aliphatic rings. The highest BCUT2D eigenvalue weighted by Gasteiger charge is 2.35. The predicted molar refractivity (Wildman–Crippen MR) is 84.6 cm³/mol. The van der Waals surface area contributed by atoms with E-state index in [0.717, 1.165) is 16.5 Å². The second-order valence-corrected chi connectivity index (χ2v) is 6.01. The summed E-state index contributed by atoms with van der Waals surface area (Å²) in [6.07, 6.45) is 2.04. The van der Waals surface area contributed by atoms with Gasteiger partial charge < -0.3 is 9.63 Å². The zero-order valence-corrected chi connectivity index (χ0v) is 12.9. The van der Waals surface area contributed by atoms with Crippen molar-refractivity contribution < 1.29 is 9.63 Å². The average molecular weight is 310 g/mol. The minimum Gasteiger partial charge on any atom is -0.392 e. The lowest BCUT2D eigenvalue weighted by Gasteiger charge is -2.21. The van der Waals surface area contributed by atoms with Gasteiger partial charge in [-0.05, 0) is 25.0 Å². The van der Waals surface area contributed by atoms with Gasteiger partial charge in [0.25, 0.3) is 0 Å². The third-order valence-electron chi connectivity index (χ3n) is 4.30. The number of aliphatic hydroxyl groups excluding tert-OH is 1. The molecule has 0 unspecified atom stereocenters. The smallest absolute Gasteiger partial charge is 0.244 e. The molecule has 6 heteroatoms. The highest BCUT2D eigenvalue weighted by atomic mass is 16.5. The van der Waals surface area contributed by atoms with Gasteiger partial charge in [-0.1, -0.05) is 29.4 Å². The maximum absolute atomic E-state index is 10.1. The van der Waals surface area contributed by atoms with E-state index < -0.39 is 0 Å². The van der Waals surface area contributed by atoms with Crippen LogP contribution in [0.15, 0.2) is 41.1 Å². The van der Waals surface area contributed by atoms with Crippen molar-refractivity contribution in [2.45, 2.75) is 32.0 Å². The number of hydrogen-bond donors (Lipinski definition) is 1. The van der Waals surface area contributed by atoms with Crippen LogP contribution in [0.5, 0.6) is 0 Å². The Labute approximate surface area is 133 Å². The van der Waals surface area contributed by atoms with Gasteiger partial charge in [-0.3, -0.25) is 9.88 Å². The van der Waals surface area contributed by atoms with E-state index in [1.165, 1.54) is 0 Å². The van der Waals surface area contributed by atoms with Crippen molar-refractivity contribution in [2.75, 3.05) is 6.54 Å². The fraction of sp³-hybridized carbons (Fsp3) is 0.353. The van der Waals surface area contributed by atoms with Crippen LogP contribution in [-0.2, 0) is 6.54 Å². The molecule has 3 aromatic rings. The Morgan fingerprint density at radius 2 is 2.17 bits per heavy atom. The summed E-state index contributed by atoms with van der Waals surface area (Å²) in [6.45, 7) is 3.09. The summed E-state index contributed by atoms with van der Waals surface area (Å²) < 4.78 is 5.32. The molecule has 0 radical (unpaired) electrons. The van der Waals surface area contributed by atoms with Crippen molar-refractivity contribution >= 4 is 10.9 Å². The van der Waals surface area contributed by atoms with Crippen molar-refractivity contribution in [3.8, 4) is 0 Å². The number of aryl methyl sites for hydroxylation is 1. The SMILES string of the molecule is Cc1noc([C@H]2C[C@@H](O)CN2Cc2cccc3cccnc23)n1. The lowest BCUT2D eigenvalue weighted by Crippen LogP contribution is -2.24. The number of nitrogens with zero attached hydrogens (tertiary/aromatic N) is 4. The first-order chi connectivity index (χ1) is 11.2. The largest absolute Gasteiger partial charge is 0.392 e. The average Bonchev–Trinajstić information content (AvgIpc) is 3.13. The maximum Gasteiger partial charge on any atom is 0.244 e. The molecule has 2 atom stereocenters. The molecule has 3 heterocycles. The third-order valence-corrected chi connectivity index (χ3v) is 4.30. The Morgan fingerprint density at radius 1 is 1.30 bits per heavy atom. The van der Waals surface area contributed by atoms with Gasteiger partial charge >= 0.3 is 0 Å². The van der Waals surface area contributed by atoms with Crippen LogP contribution in [0.1, 0.15) is 29.7 Å². The van der Waals surface area contributed by atoms with Gasteiger partial charge in [-0.25, -0.2) is 0 Å². The molecule has 1 aromatic carbocycles. The van der Waals surface area contributed by atoms with Crippen molar-refractivity contribution in [3.63, 3.8) is 0 Å². The van der Waals surface area contributed by atoms with Gasteiger partial charge in [0.05, 0.1) is 17.7 Å². The molecular formula is C17H18N4O2. The number of hydrogen-bond acceptors (Lipinski definition) is 6. The topological polar surface area (TPSA) is 75.3 Å². The zero-order chi connectivity index (χ0) is 15.8. The Morgan fingerprint density at radius 3 is 3.00 bits per heavy atom. The summed E-state index contributed by atoms with van der Waals surface area (Å²) in [5.74, 6) is 1.19. The van der Waals surface area contributed by atoms with Crippen LogP contribution in [-0.4, -0.2) is 37.8 Å². The van der Waals surface area contributed by atoms with Gasteiger partial charge in [0.1, 0.15) is 0 Å². The van der Waals surface area contributed by atoms with Gasteiger partial charge in [0, 0.05) is 24.7 Å². The lowest BCUT2D eigenvalue weighted by atomic mass is 10.1. The monoisotopic (exact) mass is 310 g/mol. The van der Waals surface area contributed by atoms with Crippen molar-refractivity contribution in [3.05, 3.63) is 53.8 Å². The fourth-order valence-corrected chi connectivity index (χ4v) is 3.27. The van der Waals surface area contributed by atoms with Crippen molar-refractivity contribution in [1.82, 2.24) is 20.0 Å². The van der Waals surface area contributed by atoms with Crippen LogP contribution < -0.4 is 0 Å². The molecule has 0 saturated carbocycles. The quantitative estimate of drug-likeness (QED) is 0.799. The summed E-state index contributed by atoms with van der Waals surface area (Å²) in [7, 11) is 0. The van der Waals surface area contributed by atoms with E-state index in [1.54, 1.807) is 6.92 Å².